The summed E-state index contributed by atoms with van der Waals surface area (Å²) in [5.74, 6) is 0. The summed E-state index contributed by atoms with van der Waals surface area (Å²) in [4.78, 5) is 5.07. The fraction of sp³-hybridized carbons (Fsp3) is 0.111. The standard InChI is InChI=1S/C54H42N2/c1-2-16-41(17-3-1)53-47-31-29-44(56-34-12-20-40-15-6-9-24-52(40)56)36-50(47)54(42-27-25-38(26-28-42)46-22-10-18-37-13-4-7-21-45(37)46)48-32-30-43(35-49(48)53)55-33-11-19-39-14-5-8-23-51(39)55/h1-10,13-18,21-32,35-36H,11-12,19-20,33-34H2. The smallest absolute Gasteiger partial charge is 0.0443 e. The van der Waals surface area contributed by atoms with Gasteiger partial charge in [-0.1, -0.05) is 146 Å². The zero-order valence-electron chi connectivity index (χ0n) is 31.5. The number of nitrogens with zero attached hydrogens (tertiary/aromatic N) is 2. The molecule has 0 aliphatic carbocycles. The highest BCUT2D eigenvalue weighted by atomic mass is 15.1. The van der Waals surface area contributed by atoms with Crippen molar-refractivity contribution in [2.75, 3.05) is 22.9 Å². The van der Waals surface area contributed by atoms with Crippen LogP contribution in [0.2, 0.25) is 0 Å². The molecule has 0 atom stereocenters. The van der Waals surface area contributed by atoms with Gasteiger partial charge in [0, 0.05) is 35.8 Å². The lowest BCUT2D eigenvalue weighted by Crippen LogP contribution is -2.24. The average Bonchev–Trinajstić information content (AvgIpc) is 3.27. The second kappa shape index (κ2) is 13.6. The monoisotopic (exact) mass is 718 g/mol. The molecule has 2 aliphatic rings. The lowest BCUT2D eigenvalue weighted by molar-refractivity contribution is 0.767. The molecule has 0 unspecified atom stereocenters. The highest BCUT2D eigenvalue weighted by molar-refractivity contribution is 6.22. The summed E-state index contributed by atoms with van der Waals surface area (Å²) in [6, 6.07) is 68.1. The molecule has 0 bridgehead atoms. The van der Waals surface area contributed by atoms with E-state index >= 15 is 0 Å². The van der Waals surface area contributed by atoms with Crippen molar-refractivity contribution in [2.45, 2.75) is 25.7 Å². The average molecular weight is 719 g/mol. The topological polar surface area (TPSA) is 6.48 Å². The summed E-state index contributed by atoms with van der Waals surface area (Å²) in [5, 5.41) is 7.67. The van der Waals surface area contributed by atoms with E-state index in [0.717, 1.165) is 38.8 Å². The van der Waals surface area contributed by atoms with Crippen molar-refractivity contribution in [2.24, 2.45) is 0 Å². The van der Waals surface area contributed by atoms with Crippen LogP contribution in [-0.2, 0) is 12.8 Å². The molecule has 2 nitrogen and oxygen atoms in total. The first-order valence-corrected chi connectivity index (χ1v) is 20.2. The van der Waals surface area contributed by atoms with E-state index in [4.69, 9.17) is 0 Å². The van der Waals surface area contributed by atoms with Gasteiger partial charge in [0.1, 0.15) is 0 Å². The quantitative estimate of drug-likeness (QED) is 0.164. The molecular formula is C54H42N2. The van der Waals surface area contributed by atoms with E-state index in [-0.39, 0.29) is 0 Å². The van der Waals surface area contributed by atoms with Gasteiger partial charge in [-0.25, -0.2) is 0 Å². The lowest BCUT2D eigenvalue weighted by atomic mass is 9.85. The van der Waals surface area contributed by atoms with Crippen LogP contribution in [0.25, 0.3) is 65.7 Å². The van der Waals surface area contributed by atoms with Gasteiger partial charge in [0.15, 0.2) is 0 Å². The van der Waals surface area contributed by atoms with Crippen molar-refractivity contribution in [3.05, 3.63) is 193 Å². The van der Waals surface area contributed by atoms with E-state index < -0.39 is 0 Å². The van der Waals surface area contributed by atoms with Crippen molar-refractivity contribution in [1.29, 1.82) is 0 Å². The molecule has 0 saturated carbocycles. The molecule has 0 spiro atoms. The van der Waals surface area contributed by atoms with Crippen LogP contribution in [0.5, 0.6) is 0 Å². The minimum absolute atomic E-state index is 1.01. The van der Waals surface area contributed by atoms with E-state index in [9.17, 15) is 0 Å². The highest BCUT2D eigenvalue weighted by Gasteiger charge is 2.24. The Hall–Kier alpha value is -6.64. The third-order valence-corrected chi connectivity index (χ3v) is 12.3. The van der Waals surface area contributed by atoms with Crippen LogP contribution in [0, 0.1) is 0 Å². The van der Waals surface area contributed by atoms with E-state index in [1.54, 1.807) is 0 Å². The predicted octanol–water partition coefficient (Wildman–Crippen LogP) is 14.3. The van der Waals surface area contributed by atoms with Gasteiger partial charge in [-0.15, -0.1) is 0 Å². The van der Waals surface area contributed by atoms with Gasteiger partial charge in [0.2, 0.25) is 0 Å². The van der Waals surface area contributed by atoms with Gasteiger partial charge in [-0.3, -0.25) is 0 Å². The number of hydrogen-bond acceptors (Lipinski definition) is 2. The zero-order valence-corrected chi connectivity index (χ0v) is 31.5. The molecule has 11 rings (SSSR count). The number of para-hydroxylation sites is 2. The van der Waals surface area contributed by atoms with Gasteiger partial charge < -0.3 is 9.80 Å². The molecule has 0 N–H and O–H groups in total. The van der Waals surface area contributed by atoms with E-state index in [1.165, 1.54) is 99.6 Å². The number of benzene rings is 9. The Morgan fingerprint density at radius 2 is 0.839 bits per heavy atom. The van der Waals surface area contributed by atoms with Crippen LogP contribution < -0.4 is 9.80 Å². The molecular weight excluding hydrogens is 677 g/mol. The Bertz CT molecular complexity index is 2920. The van der Waals surface area contributed by atoms with Crippen LogP contribution >= 0.6 is 0 Å². The van der Waals surface area contributed by atoms with Crippen LogP contribution in [0.15, 0.2) is 182 Å². The molecule has 9 aromatic rings. The molecule has 56 heavy (non-hydrogen) atoms. The first-order chi connectivity index (χ1) is 27.8. The third-order valence-electron chi connectivity index (χ3n) is 12.3. The summed E-state index contributed by atoms with van der Waals surface area (Å²) in [6.45, 7) is 2.03. The van der Waals surface area contributed by atoms with Crippen LogP contribution in [0.4, 0.5) is 22.7 Å². The number of fused-ring (bicyclic) bond motifs is 5. The first kappa shape index (κ1) is 32.8. The van der Waals surface area contributed by atoms with Crippen molar-refractivity contribution in [3.8, 4) is 33.4 Å². The lowest BCUT2D eigenvalue weighted by Gasteiger charge is -2.32. The molecule has 2 heterocycles. The van der Waals surface area contributed by atoms with E-state index in [0.29, 0.717) is 0 Å². The van der Waals surface area contributed by atoms with Crippen molar-refractivity contribution < 1.29 is 0 Å². The number of anilines is 4. The molecule has 0 aromatic heterocycles. The molecule has 9 aromatic carbocycles. The predicted molar refractivity (Wildman–Crippen MR) is 239 cm³/mol. The Morgan fingerprint density at radius 1 is 0.339 bits per heavy atom. The minimum atomic E-state index is 1.01. The molecule has 268 valence electrons. The highest BCUT2D eigenvalue weighted by Crippen LogP contribution is 2.48. The minimum Gasteiger partial charge on any atom is -0.341 e. The Kier molecular flexibility index (Phi) is 7.95. The maximum absolute atomic E-state index is 2.54. The van der Waals surface area contributed by atoms with Gasteiger partial charge in [-0.2, -0.15) is 0 Å². The van der Waals surface area contributed by atoms with E-state index in [1.807, 2.05) is 0 Å². The van der Waals surface area contributed by atoms with E-state index in [2.05, 4.69) is 192 Å². The fourth-order valence-corrected chi connectivity index (χ4v) is 9.66. The van der Waals surface area contributed by atoms with Crippen LogP contribution in [-0.4, -0.2) is 13.1 Å². The normalized spacial score (nSPS) is 13.9. The largest absolute Gasteiger partial charge is 0.341 e. The SMILES string of the molecule is c1ccc(-c2c3ccc(N4CCCc5ccccc54)cc3c(-c3ccc(-c4cccc5ccccc45)cc3)c3ccc(N4CCCc5ccccc54)cc23)cc1. The molecule has 0 amide bonds. The maximum Gasteiger partial charge on any atom is 0.0443 e. The summed E-state index contributed by atoms with van der Waals surface area (Å²) in [6.07, 6.45) is 4.55. The Balaban J connectivity index is 1.17. The van der Waals surface area contributed by atoms with Gasteiger partial charge in [-0.05, 0) is 139 Å². The maximum atomic E-state index is 2.54. The summed E-state index contributed by atoms with van der Waals surface area (Å²) in [5.41, 5.74) is 15.6. The second-order valence-corrected chi connectivity index (χ2v) is 15.4. The van der Waals surface area contributed by atoms with Crippen molar-refractivity contribution in [3.63, 3.8) is 0 Å². The second-order valence-electron chi connectivity index (χ2n) is 15.4. The van der Waals surface area contributed by atoms with Gasteiger partial charge >= 0.3 is 0 Å². The zero-order chi connectivity index (χ0) is 37.0. The summed E-state index contributed by atoms with van der Waals surface area (Å²) >= 11 is 0. The molecule has 0 saturated heterocycles. The Morgan fingerprint density at radius 3 is 1.46 bits per heavy atom. The fourth-order valence-electron chi connectivity index (χ4n) is 9.66. The number of aryl methyl sites for hydroxylation is 2. The van der Waals surface area contributed by atoms with Gasteiger partial charge in [0.25, 0.3) is 0 Å². The molecule has 0 fully saturated rings. The van der Waals surface area contributed by atoms with Crippen LogP contribution in [0.3, 0.4) is 0 Å². The third kappa shape index (κ3) is 5.47. The summed E-state index contributed by atoms with van der Waals surface area (Å²) in [7, 11) is 0. The molecule has 2 aliphatic heterocycles. The van der Waals surface area contributed by atoms with Crippen molar-refractivity contribution >= 4 is 55.1 Å². The number of rotatable bonds is 5. The summed E-state index contributed by atoms with van der Waals surface area (Å²) < 4.78 is 0. The van der Waals surface area contributed by atoms with Crippen LogP contribution in [0.1, 0.15) is 24.0 Å². The molecule has 2 heteroatoms. The number of hydrogen-bond donors (Lipinski definition) is 0. The molecule has 0 radical (unpaired) electrons. The van der Waals surface area contributed by atoms with Gasteiger partial charge in [0.05, 0.1) is 0 Å². The first-order valence-electron chi connectivity index (χ1n) is 20.2. The van der Waals surface area contributed by atoms with Crippen molar-refractivity contribution in [1.82, 2.24) is 0 Å². The Labute approximate surface area is 328 Å².